The van der Waals surface area contributed by atoms with Gasteiger partial charge >= 0.3 is 0 Å². The average molecular weight is 338 g/mol. The molecule has 0 aliphatic carbocycles. The molecule has 4 nitrogen and oxygen atoms in total. The Kier molecular flexibility index (Phi) is 5.71. The summed E-state index contributed by atoms with van der Waals surface area (Å²) < 4.78 is 5.65. The fourth-order valence-corrected chi connectivity index (χ4v) is 3.26. The van der Waals surface area contributed by atoms with Crippen molar-refractivity contribution in [3.63, 3.8) is 0 Å². The number of benzene rings is 2. The molecule has 1 amide bonds. The first-order valence-corrected chi connectivity index (χ1v) is 9.01. The maximum atomic E-state index is 12.8. The van der Waals surface area contributed by atoms with Crippen molar-refractivity contribution in [2.75, 3.05) is 19.7 Å². The lowest BCUT2D eigenvalue weighted by Crippen LogP contribution is -2.32. The van der Waals surface area contributed by atoms with E-state index in [2.05, 4.69) is 19.1 Å². The van der Waals surface area contributed by atoms with Crippen molar-refractivity contribution in [2.45, 2.75) is 31.7 Å². The molecule has 1 aliphatic heterocycles. The fraction of sp³-hybridized carbons (Fsp3) is 0.381. The van der Waals surface area contributed by atoms with E-state index in [1.807, 2.05) is 47.4 Å². The van der Waals surface area contributed by atoms with Gasteiger partial charge in [-0.2, -0.15) is 0 Å². The number of rotatable bonds is 6. The van der Waals surface area contributed by atoms with Crippen LogP contribution in [-0.2, 0) is 0 Å². The molecule has 2 aromatic carbocycles. The Bertz CT molecular complexity index is 685. The first kappa shape index (κ1) is 17.5. The highest BCUT2D eigenvalue weighted by Crippen LogP contribution is 2.27. The second kappa shape index (κ2) is 8.17. The summed E-state index contributed by atoms with van der Waals surface area (Å²) in [5, 5.41) is 0. The normalized spacial score (nSPS) is 19.8. The molecule has 2 atom stereocenters. The summed E-state index contributed by atoms with van der Waals surface area (Å²) in [6, 6.07) is 17.6. The Hall–Kier alpha value is -2.33. The van der Waals surface area contributed by atoms with E-state index in [0.29, 0.717) is 25.3 Å². The third-order valence-corrected chi connectivity index (χ3v) is 4.75. The second-order valence-electron chi connectivity index (χ2n) is 6.62. The number of nitrogens with zero attached hydrogens (tertiary/aromatic N) is 1. The van der Waals surface area contributed by atoms with Crippen LogP contribution in [0.4, 0.5) is 0 Å². The standard InChI is InChI=1S/C21H26N2O2/c1-2-3-13-25-18-11-9-17(10-12-18)21(24)23-14-19(20(22)15-23)16-7-5-4-6-8-16/h4-12,19-20H,2-3,13-15,22H2,1H3/t19-,20+/m0/s1. The van der Waals surface area contributed by atoms with Crippen LogP contribution in [0.25, 0.3) is 0 Å². The molecular formula is C21H26N2O2. The van der Waals surface area contributed by atoms with Crippen LogP contribution in [0.1, 0.15) is 41.6 Å². The number of hydrogen-bond donors (Lipinski definition) is 1. The van der Waals surface area contributed by atoms with Crippen molar-refractivity contribution in [2.24, 2.45) is 5.73 Å². The molecule has 2 N–H and O–H groups in total. The minimum absolute atomic E-state index is 0.0250. The third kappa shape index (κ3) is 4.20. The van der Waals surface area contributed by atoms with Gasteiger partial charge in [-0.1, -0.05) is 43.7 Å². The van der Waals surface area contributed by atoms with Gasteiger partial charge in [-0.3, -0.25) is 4.79 Å². The van der Waals surface area contributed by atoms with Gasteiger partial charge < -0.3 is 15.4 Å². The summed E-state index contributed by atoms with van der Waals surface area (Å²) in [5.41, 5.74) is 8.18. The molecule has 0 saturated carbocycles. The van der Waals surface area contributed by atoms with E-state index in [-0.39, 0.29) is 17.9 Å². The lowest BCUT2D eigenvalue weighted by Gasteiger charge is -2.17. The maximum absolute atomic E-state index is 12.8. The van der Waals surface area contributed by atoms with Crippen molar-refractivity contribution in [3.05, 3.63) is 65.7 Å². The Labute approximate surface area is 149 Å². The van der Waals surface area contributed by atoms with Gasteiger partial charge in [0.25, 0.3) is 5.91 Å². The van der Waals surface area contributed by atoms with Crippen molar-refractivity contribution in [3.8, 4) is 5.75 Å². The van der Waals surface area contributed by atoms with Gasteiger partial charge in [0, 0.05) is 30.6 Å². The number of hydrogen-bond acceptors (Lipinski definition) is 3. The highest BCUT2D eigenvalue weighted by molar-refractivity contribution is 5.94. The van der Waals surface area contributed by atoms with E-state index in [1.165, 1.54) is 5.56 Å². The Morgan fingerprint density at radius 3 is 2.52 bits per heavy atom. The van der Waals surface area contributed by atoms with Crippen LogP contribution in [0.15, 0.2) is 54.6 Å². The van der Waals surface area contributed by atoms with Crippen LogP contribution < -0.4 is 10.5 Å². The molecule has 25 heavy (non-hydrogen) atoms. The van der Waals surface area contributed by atoms with Gasteiger partial charge in [-0.15, -0.1) is 0 Å². The SMILES string of the molecule is CCCCOc1ccc(C(=O)N2C[C@@H](N)[C@H](c3ccccc3)C2)cc1. The van der Waals surface area contributed by atoms with Gasteiger partial charge in [0.05, 0.1) is 6.61 Å². The van der Waals surface area contributed by atoms with Gasteiger partial charge in [-0.25, -0.2) is 0 Å². The molecule has 1 heterocycles. The molecule has 1 aliphatic rings. The summed E-state index contributed by atoms with van der Waals surface area (Å²) >= 11 is 0. The first-order valence-electron chi connectivity index (χ1n) is 9.01. The molecule has 1 fully saturated rings. The van der Waals surface area contributed by atoms with Crippen LogP contribution in [0.3, 0.4) is 0 Å². The van der Waals surface area contributed by atoms with Gasteiger partial charge in [0.15, 0.2) is 0 Å². The largest absolute Gasteiger partial charge is 0.494 e. The lowest BCUT2D eigenvalue weighted by atomic mass is 9.95. The van der Waals surface area contributed by atoms with E-state index in [1.54, 1.807) is 0 Å². The zero-order chi connectivity index (χ0) is 17.6. The average Bonchev–Trinajstić information content (AvgIpc) is 3.04. The Balaban J connectivity index is 1.63. The van der Waals surface area contributed by atoms with Crippen LogP contribution in [0, 0.1) is 0 Å². The smallest absolute Gasteiger partial charge is 0.253 e. The maximum Gasteiger partial charge on any atom is 0.253 e. The number of unbranched alkanes of at least 4 members (excludes halogenated alkanes) is 1. The molecule has 0 bridgehead atoms. The quantitative estimate of drug-likeness (QED) is 0.821. The molecule has 1 saturated heterocycles. The summed E-state index contributed by atoms with van der Waals surface area (Å²) in [5.74, 6) is 1.04. The number of likely N-dealkylation sites (tertiary alicyclic amines) is 1. The van der Waals surface area contributed by atoms with Crippen LogP contribution in [0.2, 0.25) is 0 Å². The van der Waals surface area contributed by atoms with Crippen molar-refractivity contribution in [1.82, 2.24) is 4.90 Å². The number of nitrogens with two attached hydrogens (primary N) is 1. The van der Waals surface area contributed by atoms with Gasteiger partial charge in [0.1, 0.15) is 5.75 Å². The highest BCUT2D eigenvalue weighted by atomic mass is 16.5. The predicted molar refractivity (Wildman–Crippen MR) is 99.9 cm³/mol. The zero-order valence-electron chi connectivity index (χ0n) is 14.7. The van der Waals surface area contributed by atoms with E-state index in [9.17, 15) is 4.79 Å². The molecule has 0 aromatic heterocycles. The van der Waals surface area contributed by atoms with Crippen molar-refractivity contribution < 1.29 is 9.53 Å². The molecule has 0 unspecified atom stereocenters. The second-order valence-corrected chi connectivity index (χ2v) is 6.62. The summed E-state index contributed by atoms with van der Waals surface area (Å²) in [7, 11) is 0. The van der Waals surface area contributed by atoms with Crippen molar-refractivity contribution >= 4 is 5.91 Å². The minimum atomic E-state index is -0.0250. The number of ether oxygens (including phenoxy) is 1. The minimum Gasteiger partial charge on any atom is -0.494 e. The Morgan fingerprint density at radius 2 is 1.84 bits per heavy atom. The van der Waals surface area contributed by atoms with Crippen LogP contribution >= 0.6 is 0 Å². The van der Waals surface area contributed by atoms with E-state index in [4.69, 9.17) is 10.5 Å². The van der Waals surface area contributed by atoms with Crippen molar-refractivity contribution in [1.29, 1.82) is 0 Å². The fourth-order valence-electron chi connectivity index (χ4n) is 3.26. The number of carbonyl (C=O) groups excluding carboxylic acids is 1. The number of amides is 1. The van der Waals surface area contributed by atoms with Crippen LogP contribution in [-0.4, -0.2) is 36.5 Å². The summed E-state index contributed by atoms with van der Waals surface area (Å²) in [6.07, 6.45) is 2.14. The molecule has 4 heteroatoms. The highest BCUT2D eigenvalue weighted by Gasteiger charge is 2.34. The number of carbonyl (C=O) groups is 1. The first-order chi connectivity index (χ1) is 12.2. The molecule has 3 rings (SSSR count). The summed E-state index contributed by atoms with van der Waals surface area (Å²) in [6.45, 7) is 4.10. The Morgan fingerprint density at radius 1 is 1.12 bits per heavy atom. The molecule has 132 valence electrons. The monoisotopic (exact) mass is 338 g/mol. The van der Waals surface area contributed by atoms with Crippen LogP contribution in [0.5, 0.6) is 5.75 Å². The van der Waals surface area contributed by atoms with Gasteiger partial charge in [-0.05, 0) is 36.2 Å². The van der Waals surface area contributed by atoms with Gasteiger partial charge in [0.2, 0.25) is 0 Å². The zero-order valence-corrected chi connectivity index (χ0v) is 14.7. The lowest BCUT2D eigenvalue weighted by molar-refractivity contribution is 0.0789. The predicted octanol–water partition coefficient (Wildman–Crippen LogP) is 3.43. The summed E-state index contributed by atoms with van der Waals surface area (Å²) in [4.78, 5) is 14.6. The molecule has 2 aromatic rings. The van der Waals surface area contributed by atoms with E-state index >= 15 is 0 Å². The molecule has 0 spiro atoms. The molecule has 0 radical (unpaired) electrons. The molecular weight excluding hydrogens is 312 g/mol. The van der Waals surface area contributed by atoms with E-state index < -0.39 is 0 Å². The third-order valence-electron chi connectivity index (χ3n) is 4.75. The topological polar surface area (TPSA) is 55.6 Å². The van der Waals surface area contributed by atoms with E-state index in [0.717, 1.165) is 18.6 Å².